The first-order valence-electron chi connectivity index (χ1n) is 5.16. The lowest BCUT2D eigenvalue weighted by molar-refractivity contribution is -0.0673. The fraction of sp³-hybridized carbons (Fsp3) is 0.500. The maximum atomic E-state index is 13.6. The van der Waals surface area contributed by atoms with E-state index in [1.807, 2.05) is 0 Å². The highest BCUT2D eigenvalue weighted by atomic mass is 19.1. The second-order valence-electron chi connectivity index (χ2n) is 4.00. The number of aliphatic hydroxyl groups is 2. The predicted octanol–water partition coefficient (Wildman–Crippen LogP) is 2.03. The molecule has 1 rings (SSSR count). The number of hydrogen-bond donors (Lipinski definition) is 2. The van der Waals surface area contributed by atoms with Gasteiger partial charge in [0.25, 0.3) is 0 Å². The lowest BCUT2D eigenvalue weighted by Gasteiger charge is -2.28. The Kier molecular flexibility index (Phi) is 3.88. The molecule has 2 N–H and O–H groups in total. The maximum Gasteiger partial charge on any atom is 0.132 e. The Morgan fingerprint density at radius 3 is 2.56 bits per heavy atom. The molecule has 0 saturated carbocycles. The van der Waals surface area contributed by atoms with Crippen LogP contribution < -0.4 is 4.74 Å². The Hall–Kier alpha value is -1.13. The number of hydrogen-bond acceptors (Lipinski definition) is 3. The van der Waals surface area contributed by atoms with Gasteiger partial charge in [0, 0.05) is 11.6 Å². The molecular weight excluding hydrogens is 211 g/mol. The molecule has 2 atom stereocenters. The van der Waals surface area contributed by atoms with Crippen molar-refractivity contribution in [3.8, 4) is 5.75 Å². The summed E-state index contributed by atoms with van der Waals surface area (Å²) in [5.41, 5.74) is -1.26. The second kappa shape index (κ2) is 4.80. The SMILES string of the molecule is CCC(C)(O)C(O)c1ccc(OC)cc1F. The van der Waals surface area contributed by atoms with E-state index in [0.717, 1.165) is 0 Å². The number of benzene rings is 1. The summed E-state index contributed by atoms with van der Waals surface area (Å²) in [6.07, 6.45) is -0.914. The largest absolute Gasteiger partial charge is 0.497 e. The van der Waals surface area contributed by atoms with Gasteiger partial charge in [-0.05, 0) is 25.5 Å². The van der Waals surface area contributed by atoms with Crippen LogP contribution in [0.5, 0.6) is 5.75 Å². The first-order valence-corrected chi connectivity index (χ1v) is 5.16. The molecule has 4 heteroatoms. The highest BCUT2D eigenvalue weighted by molar-refractivity contribution is 5.31. The minimum absolute atomic E-state index is 0.0765. The fourth-order valence-corrected chi connectivity index (χ4v) is 1.38. The molecule has 0 spiro atoms. The van der Waals surface area contributed by atoms with E-state index in [9.17, 15) is 14.6 Å². The molecule has 90 valence electrons. The monoisotopic (exact) mass is 228 g/mol. The summed E-state index contributed by atoms with van der Waals surface area (Å²) in [5, 5.41) is 19.7. The highest BCUT2D eigenvalue weighted by Gasteiger charge is 2.31. The van der Waals surface area contributed by atoms with Gasteiger partial charge in [-0.2, -0.15) is 0 Å². The topological polar surface area (TPSA) is 49.7 Å². The van der Waals surface area contributed by atoms with Crippen LogP contribution in [0.1, 0.15) is 31.9 Å². The molecule has 0 amide bonds. The van der Waals surface area contributed by atoms with E-state index >= 15 is 0 Å². The second-order valence-corrected chi connectivity index (χ2v) is 4.00. The van der Waals surface area contributed by atoms with E-state index < -0.39 is 17.5 Å². The molecule has 0 radical (unpaired) electrons. The zero-order valence-corrected chi connectivity index (χ0v) is 9.70. The predicted molar refractivity (Wildman–Crippen MR) is 58.8 cm³/mol. The highest BCUT2D eigenvalue weighted by Crippen LogP contribution is 2.31. The molecule has 1 aromatic rings. The maximum absolute atomic E-state index is 13.6. The molecule has 3 nitrogen and oxygen atoms in total. The van der Waals surface area contributed by atoms with E-state index in [1.54, 1.807) is 13.0 Å². The smallest absolute Gasteiger partial charge is 0.132 e. The Morgan fingerprint density at radius 1 is 1.50 bits per heavy atom. The van der Waals surface area contributed by atoms with Crippen LogP contribution in [0.3, 0.4) is 0 Å². The van der Waals surface area contributed by atoms with Crippen LogP contribution in [0.2, 0.25) is 0 Å². The molecule has 0 bridgehead atoms. The van der Waals surface area contributed by atoms with Crippen LogP contribution in [0.15, 0.2) is 18.2 Å². The first-order chi connectivity index (χ1) is 7.42. The molecule has 0 aliphatic carbocycles. The van der Waals surface area contributed by atoms with Crippen molar-refractivity contribution < 1.29 is 19.3 Å². The van der Waals surface area contributed by atoms with Gasteiger partial charge in [0.15, 0.2) is 0 Å². The van der Waals surface area contributed by atoms with E-state index in [0.29, 0.717) is 12.2 Å². The zero-order chi connectivity index (χ0) is 12.3. The zero-order valence-electron chi connectivity index (χ0n) is 9.70. The Morgan fingerprint density at radius 2 is 2.12 bits per heavy atom. The third-order valence-corrected chi connectivity index (χ3v) is 2.81. The van der Waals surface area contributed by atoms with Gasteiger partial charge in [-0.25, -0.2) is 4.39 Å². The van der Waals surface area contributed by atoms with Gasteiger partial charge in [0.1, 0.15) is 17.7 Å². The van der Waals surface area contributed by atoms with Gasteiger partial charge in [0.2, 0.25) is 0 Å². The summed E-state index contributed by atoms with van der Waals surface area (Å²) >= 11 is 0. The van der Waals surface area contributed by atoms with Gasteiger partial charge in [-0.3, -0.25) is 0 Å². The average Bonchev–Trinajstić information content (AvgIpc) is 2.28. The number of aliphatic hydroxyl groups excluding tert-OH is 1. The Balaban J connectivity index is 3.05. The standard InChI is InChI=1S/C12H17FO3/c1-4-12(2,15)11(14)9-6-5-8(16-3)7-10(9)13/h5-7,11,14-15H,4H2,1-3H3. The van der Waals surface area contributed by atoms with Crippen molar-refractivity contribution >= 4 is 0 Å². The van der Waals surface area contributed by atoms with E-state index in [4.69, 9.17) is 4.74 Å². The van der Waals surface area contributed by atoms with Gasteiger partial charge in [0.05, 0.1) is 12.7 Å². The number of halogens is 1. The Labute approximate surface area is 94.5 Å². The lowest BCUT2D eigenvalue weighted by Crippen LogP contribution is -2.32. The van der Waals surface area contributed by atoms with Crippen molar-refractivity contribution in [2.45, 2.75) is 32.0 Å². The van der Waals surface area contributed by atoms with Crippen LogP contribution in [0.25, 0.3) is 0 Å². The van der Waals surface area contributed by atoms with Gasteiger partial charge >= 0.3 is 0 Å². The van der Waals surface area contributed by atoms with E-state index in [2.05, 4.69) is 0 Å². The summed E-state index contributed by atoms with van der Waals surface area (Å²) in [6, 6.07) is 4.15. The third-order valence-electron chi connectivity index (χ3n) is 2.81. The Bertz CT molecular complexity index is 363. The molecule has 0 saturated heterocycles. The van der Waals surface area contributed by atoms with Crippen LogP contribution in [0, 0.1) is 5.82 Å². The summed E-state index contributed by atoms with van der Waals surface area (Å²) in [7, 11) is 1.44. The molecule has 0 fully saturated rings. The summed E-state index contributed by atoms with van der Waals surface area (Å²) in [5.74, 6) is -0.204. The molecule has 0 aliphatic heterocycles. The van der Waals surface area contributed by atoms with Crippen molar-refractivity contribution in [1.82, 2.24) is 0 Å². The van der Waals surface area contributed by atoms with Gasteiger partial charge in [-0.1, -0.05) is 6.92 Å². The number of methoxy groups -OCH3 is 1. The van der Waals surface area contributed by atoms with Crippen LogP contribution >= 0.6 is 0 Å². The summed E-state index contributed by atoms with van der Waals surface area (Å²) in [6.45, 7) is 3.20. The number of ether oxygens (including phenoxy) is 1. The average molecular weight is 228 g/mol. The normalized spacial score (nSPS) is 16.6. The van der Waals surface area contributed by atoms with Crippen molar-refractivity contribution in [3.05, 3.63) is 29.6 Å². The van der Waals surface area contributed by atoms with Crippen molar-refractivity contribution in [2.75, 3.05) is 7.11 Å². The van der Waals surface area contributed by atoms with Crippen molar-refractivity contribution in [1.29, 1.82) is 0 Å². The summed E-state index contributed by atoms with van der Waals surface area (Å²) in [4.78, 5) is 0. The molecular formula is C12H17FO3. The van der Waals surface area contributed by atoms with E-state index in [-0.39, 0.29) is 5.56 Å². The first kappa shape index (κ1) is 12.9. The minimum atomic E-state index is -1.34. The van der Waals surface area contributed by atoms with E-state index in [1.165, 1.54) is 26.2 Å². The van der Waals surface area contributed by atoms with Crippen molar-refractivity contribution in [2.24, 2.45) is 0 Å². The molecule has 16 heavy (non-hydrogen) atoms. The molecule has 0 aliphatic rings. The molecule has 0 aromatic heterocycles. The quantitative estimate of drug-likeness (QED) is 0.829. The molecule has 0 heterocycles. The van der Waals surface area contributed by atoms with Crippen molar-refractivity contribution in [3.63, 3.8) is 0 Å². The van der Waals surface area contributed by atoms with Crippen LogP contribution in [0.4, 0.5) is 4.39 Å². The van der Waals surface area contributed by atoms with Gasteiger partial charge in [-0.15, -0.1) is 0 Å². The molecule has 1 aromatic carbocycles. The number of rotatable bonds is 4. The van der Waals surface area contributed by atoms with Crippen LogP contribution in [-0.4, -0.2) is 22.9 Å². The van der Waals surface area contributed by atoms with Crippen LogP contribution in [-0.2, 0) is 0 Å². The van der Waals surface area contributed by atoms with Gasteiger partial charge < -0.3 is 14.9 Å². The lowest BCUT2D eigenvalue weighted by atomic mass is 9.90. The third kappa shape index (κ3) is 2.51. The molecule has 2 unspecified atom stereocenters. The summed E-state index contributed by atoms with van der Waals surface area (Å²) < 4.78 is 18.5. The minimum Gasteiger partial charge on any atom is -0.497 e. The fourth-order valence-electron chi connectivity index (χ4n) is 1.38.